The summed E-state index contributed by atoms with van der Waals surface area (Å²) in [7, 11) is 0. The van der Waals surface area contributed by atoms with Crippen LogP contribution in [0.1, 0.15) is 28.8 Å². The van der Waals surface area contributed by atoms with Gasteiger partial charge in [0.15, 0.2) is 11.5 Å². The second-order valence-electron chi connectivity index (χ2n) is 5.44. The van der Waals surface area contributed by atoms with Crippen molar-refractivity contribution in [3.8, 4) is 0 Å². The first kappa shape index (κ1) is 15.9. The van der Waals surface area contributed by atoms with Gasteiger partial charge in [0.25, 0.3) is 0 Å². The summed E-state index contributed by atoms with van der Waals surface area (Å²) in [5.74, 6) is -1.08. The summed E-state index contributed by atoms with van der Waals surface area (Å²) in [5, 5.41) is 4.11. The number of hydrazone groups is 1. The third kappa shape index (κ3) is 3.06. The lowest BCUT2D eigenvalue weighted by Crippen LogP contribution is -2.37. The number of ether oxygens (including phenoxy) is 1. The van der Waals surface area contributed by atoms with Crippen LogP contribution in [0.4, 0.5) is 0 Å². The van der Waals surface area contributed by atoms with E-state index in [0.29, 0.717) is 5.56 Å². The Labute approximate surface area is 140 Å². The van der Waals surface area contributed by atoms with Crippen molar-refractivity contribution in [2.75, 3.05) is 6.61 Å². The van der Waals surface area contributed by atoms with Crippen LogP contribution in [-0.4, -0.2) is 30.1 Å². The van der Waals surface area contributed by atoms with Gasteiger partial charge in [0.2, 0.25) is 0 Å². The van der Waals surface area contributed by atoms with Gasteiger partial charge in [-0.1, -0.05) is 60.7 Å². The van der Waals surface area contributed by atoms with Crippen LogP contribution in [0.5, 0.6) is 0 Å². The van der Waals surface area contributed by atoms with Gasteiger partial charge in [0.1, 0.15) is 6.04 Å². The molecule has 2 aromatic carbocycles. The molecule has 0 radical (unpaired) electrons. The Kier molecular flexibility index (Phi) is 4.70. The number of nitrogens with one attached hydrogen (secondary N) is 1. The van der Waals surface area contributed by atoms with E-state index >= 15 is 0 Å². The second kappa shape index (κ2) is 7.08. The minimum atomic E-state index is -0.630. The number of carbonyl (C=O) groups excluding carboxylic acids is 2. The molecule has 1 N–H and O–H groups in total. The number of rotatable bonds is 5. The summed E-state index contributed by atoms with van der Waals surface area (Å²) in [4.78, 5) is 25.1. The molecule has 0 saturated carbocycles. The lowest BCUT2D eigenvalue weighted by molar-refractivity contribution is -0.135. The van der Waals surface area contributed by atoms with E-state index in [2.05, 4.69) is 10.5 Å². The quantitative estimate of drug-likeness (QED) is 0.678. The van der Waals surface area contributed by atoms with Gasteiger partial charge in [-0.15, -0.1) is 0 Å². The van der Waals surface area contributed by atoms with E-state index in [9.17, 15) is 9.59 Å². The van der Waals surface area contributed by atoms with Crippen LogP contribution in [0.15, 0.2) is 65.8 Å². The fraction of sp³-hybridized carbons (Fsp3) is 0.211. The van der Waals surface area contributed by atoms with Gasteiger partial charge in [-0.25, -0.2) is 4.79 Å². The molecule has 122 valence electrons. The number of hydrogen-bond donors (Lipinski definition) is 1. The Morgan fingerprint density at radius 3 is 2.29 bits per heavy atom. The molecule has 0 fully saturated rings. The molecule has 0 saturated heterocycles. The molecular weight excluding hydrogens is 304 g/mol. The molecular formula is C19H18N2O3. The molecule has 1 heterocycles. The Hall–Kier alpha value is -2.95. The van der Waals surface area contributed by atoms with Crippen molar-refractivity contribution >= 4 is 17.5 Å². The van der Waals surface area contributed by atoms with Crippen LogP contribution in [0, 0.1) is 0 Å². The fourth-order valence-electron chi connectivity index (χ4n) is 2.82. The van der Waals surface area contributed by atoms with Crippen LogP contribution >= 0.6 is 0 Å². The molecule has 1 aliphatic heterocycles. The highest BCUT2D eigenvalue weighted by Crippen LogP contribution is 2.28. The van der Waals surface area contributed by atoms with E-state index in [4.69, 9.17) is 4.74 Å². The van der Waals surface area contributed by atoms with Crippen molar-refractivity contribution in [1.29, 1.82) is 0 Å². The lowest BCUT2D eigenvalue weighted by Gasteiger charge is -2.19. The largest absolute Gasteiger partial charge is 0.461 e. The number of esters is 1. The third-order valence-corrected chi connectivity index (χ3v) is 3.94. The second-order valence-corrected chi connectivity index (χ2v) is 5.44. The maximum atomic E-state index is 12.9. The molecule has 0 amide bonds. The molecule has 0 bridgehead atoms. The SMILES string of the molecule is CCOC(=O)C1=NN[C@@H](C(=O)c2ccccc2)[C@H]1c1ccccc1. The summed E-state index contributed by atoms with van der Waals surface area (Å²) >= 11 is 0. The van der Waals surface area contributed by atoms with Crippen molar-refractivity contribution in [2.24, 2.45) is 5.10 Å². The Morgan fingerprint density at radius 2 is 1.67 bits per heavy atom. The predicted octanol–water partition coefficient (Wildman–Crippen LogP) is 2.54. The predicted molar refractivity (Wildman–Crippen MR) is 90.9 cm³/mol. The Balaban J connectivity index is 1.95. The Morgan fingerprint density at radius 1 is 1.04 bits per heavy atom. The fourth-order valence-corrected chi connectivity index (χ4v) is 2.82. The standard InChI is InChI=1S/C19H18N2O3/c1-2-24-19(23)17-15(13-9-5-3-6-10-13)16(20-21-17)18(22)14-11-7-4-8-12-14/h3-12,15-16,20H,2H2,1H3/t15-,16-/m1/s1. The van der Waals surface area contributed by atoms with Crippen LogP contribution in [0.3, 0.4) is 0 Å². The maximum Gasteiger partial charge on any atom is 0.355 e. The zero-order chi connectivity index (χ0) is 16.9. The molecule has 2 atom stereocenters. The highest BCUT2D eigenvalue weighted by molar-refractivity contribution is 6.40. The minimum absolute atomic E-state index is 0.104. The number of hydrogen-bond acceptors (Lipinski definition) is 5. The van der Waals surface area contributed by atoms with Gasteiger partial charge >= 0.3 is 5.97 Å². The van der Waals surface area contributed by atoms with Gasteiger partial charge in [0, 0.05) is 5.56 Å². The number of Topliss-reactive ketones (excluding diaryl/α,β-unsaturated/α-hetero) is 1. The van der Waals surface area contributed by atoms with Crippen LogP contribution in [-0.2, 0) is 9.53 Å². The molecule has 0 unspecified atom stereocenters. The van der Waals surface area contributed by atoms with Crippen LogP contribution in [0.2, 0.25) is 0 Å². The number of benzene rings is 2. The molecule has 3 rings (SSSR count). The first-order valence-corrected chi connectivity index (χ1v) is 7.86. The average Bonchev–Trinajstić information content (AvgIpc) is 3.08. The van der Waals surface area contributed by atoms with Gasteiger partial charge in [-0.3, -0.25) is 10.2 Å². The molecule has 0 aromatic heterocycles. The maximum absolute atomic E-state index is 12.9. The van der Waals surface area contributed by atoms with E-state index in [0.717, 1.165) is 5.56 Å². The number of nitrogens with zero attached hydrogens (tertiary/aromatic N) is 1. The summed E-state index contributed by atoms with van der Waals surface area (Å²) < 4.78 is 5.09. The minimum Gasteiger partial charge on any atom is -0.461 e. The normalized spacial score (nSPS) is 19.3. The summed E-state index contributed by atoms with van der Waals surface area (Å²) in [6, 6.07) is 17.8. The van der Waals surface area contributed by atoms with Crippen LogP contribution < -0.4 is 5.43 Å². The first-order chi connectivity index (χ1) is 11.7. The van der Waals surface area contributed by atoms with E-state index in [1.54, 1.807) is 19.1 Å². The van der Waals surface area contributed by atoms with E-state index in [1.165, 1.54) is 0 Å². The van der Waals surface area contributed by atoms with Crippen LogP contribution in [0.25, 0.3) is 0 Å². The molecule has 24 heavy (non-hydrogen) atoms. The summed E-state index contributed by atoms with van der Waals surface area (Å²) in [6.45, 7) is 2.00. The first-order valence-electron chi connectivity index (χ1n) is 7.86. The molecule has 2 aromatic rings. The highest BCUT2D eigenvalue weighted by atomic mass is 16.5. The molecule has 0 aliphatic carbocycles. The number of ketones is 1. The van der Waals surface area contributed by atoms with Gasteiger partial charge in [-0.05, 0) is 12.5 Å². The lowest BCUT2D eigenvalue weighted by atomic mass is 9.84. The average molecular weight is 322 g/mol. The van der Waals surface area contributed by atoms with Gasteiger partial charge in [0.05, 0.1) is 12.5 Å². The number of carbonyl (C=O) groups is 2. The van der Waals surface area contributed by atoms with Crippen molar-refractivity contribution in [2.45, 2.75) is 18.9 Å². The summed E-state index contributed by atoms with van der Waals surface area (Å²) in [5.41, 5.74) is 4.49. The van der Waals surface area contributed by atoms with Crippen molar-refractivity contribution in [1.82, 2.24) is 5.43 Å². The Bertz CT molecular complexity index is 757. The topological polar surface area (TPSA) is 67.8 Å². The van der Waals surface area contributed by atoms with Gasteiger partial charge < -0.3 is 4.74 Å². The molecule has 5 heteroatoms. The highest BCUT2D eigenvalue weighted by Gasteiger charge is 2.41. The van der Waals surface area contributed by atoms with Crippen molar-refractivity contribution in [3.63, 3.8) is 0 Å². The van der Waals surface area contributed by atoms with E-state index in [1.807, 2.05) is 48.5 Å². The van der Waals surface area contributed by atoms with E-state index in [-0.39, 0.29) is 18.1 Å². The third-order valence-electron chi connectivity index (χ3n) is 3.94. The molecule has 0 spiro atoms. The zero-order valence-electron chi connectivity index (χ0n) is 13.3. The van der Waals surface area contributed by atoms with Crippen molar-refractivity contribution < 1.29 is 14.3 Å². The van der Waals surface area contributed by atoms with Gasteiger partial charge in [-0.2, -0.15) is 5.10 Å². The van der Waals surface area contributed by atoms with Crippen molar-refractivity contribution in [3.05, 3.63) is 71.8 Å². The molecule has 5 nitrogen and oxygen atoms in total. The molecule has 1 aliphatic rings. The summed E-state index contributed by atoms with van der Waals surface area (Å²) in [6.07, 6.45) is 0. The monoisotopic (exact) mass is 322 g/mol. The zero-order valence-corrected chi connectivity index (χ0v) is 13.3. The smallest absolute Gasteiger partial charge is 0.355 e. The van der Waals surface area contributed by atoms with E-state index < -0.39 is 17.9 Å².